The highest BCUT2D eigenvalue weighted by molar-refractivity contribution is 5.56. The Morgan fingerprint density at radius 3 is 2.59 bits per heavy atom. The van der Waals surface area contributed by atoms with Gasteiger partial charge in [-0.05, 0) is 50.8 Å². The lowest BCUT2D eigenvalue weighted by Crippen LogP contribution is -2.25. The molecule has 1 heterocycles. The first kappa shape index (κ1) is 15.4. The molecule has 2 aliphatic rings. The van der Waals surface area contributed by atoms with Crippen LogP contribution in [0.25, 0.3) is 0 Å². The van der Waals surface area contributed by atoms with E-state index >= 15 is 0 Å². The Morgan fingerprint density at radius 2 is 1.73 bits per heavy atom. The number of allylic oxidation sites excluding steroid dienone is 4. The molecule has 0 amide bonds. The lowest BCUT2D eigenvalue weighted by Gasteiger charge is -2.26. The van der Waals surface area contributed by atoms with Gasteiger partial charge >= 0.3 is 0 Å². The third kappa shape index (κ3) is 3.63. The van der Waals surface area contributed by atoms with Crippen LogP contribution >= 0.6 is 0 Å². The second-order valence-corrected chi connectivity index (χ2v) is 6.85. The van der Waals surface area contributed by atoms with Crippen LogP contribution in [0, 0.1) is 5.92 Å². The average Bonchev–Trinajstić information content (AvgIpc) is 2.84. The molecule has 1 aliphatic carbocycles. The number of fused-ring (bicyclic) bond motifs is 1. The summed E-state index contributed by atoms with van der Waals surface area (Å²) < 4.78 is 0. The number of hydrogen-bond acceptors (Lipinski definition) is 1. The quantitative estimate of drug-likeness (QED) is 0.606. The second-order valence-electron chi connectivity index (χ2n) is 6.85. The molecule has 118 valence electrons. The molecule has 3 rings (SSSR count). The van der Waals surface area contributed by atoms with Crippen molar-refractivity contribution in [2.75, 3.05) is 4.90 Å². The van der Waals surface area contributed by atoms with E-state index in [1.807, 2.05) is 0 Å². The number of benzene rings is 1. The van der Waals surface area contributed by atoms with Crippen LogP contribution in [0.5, 0.6) is 0 Å². The summed E-state index contributed by atoms with van der Waals surface area (Å²) in [6.45, 7) is 2.38. The third-order valence-electron chi connectivity index (χ3n) is 5.12. The Bertz CT molecular complexity index is 514. The van der Waals surface area contributed by atoms with Crippen molar-refractivity contribution in [1.82, 2.24) is 0 Å². The van der Waals surface area contributed by atoms with E-state index in [-0.39, 0.29) is 0 Å². The van der Waals surface area contributed by atoms with E-state index in [0.29, 0.717) is 6.04 Å². The van der Waals surface area contributed by atoms with Gasteiger partial charge in [0, 0.05) is 23.3 Å². The summed E-state index contributed by atoms with van der Waals surface area (Å²) in [6, 6.07) is 11.5. The summed E-state index contributed by atoms with van der Waals surface area (Å²) in [7, 11) is 0. The second kappa shape index (κ2) is 7.67. The van der Waals surface area contributed by atoms with Crippen LogP contribution in [0.2, 0.25) is 0 Å². The zero-order valence-electron chi connectivity index (χ0n) is 13.9. The predicted molar refractivity (Wildman–Crippen MR) is 96.0 cm³/mol. The molecule has 2 unspecified atom stereocenters. The van der Waals surface area contributed by atoms with E-state index in [1.165, 1.54) is 62.8 Å². The first-order valence-corrected chi connectivity index (χ1v) is 9.07. The SMILES string of the molecule is CC1CC2CCCCCCC/C=C\C=C/2N1c1ccccc1. The van der Waals surface area contributed by atoms with E-state index < -0.39 is 0 Å². The normalized spacial score (nSPS) is 30.6. The molecule has 0 saturated carbocycles. The van der Waals surface area contributed by atoms with Crippen molar-refractivity contribution in [3.05, 3.63) is 54.3 Å². The smallest absolute Gasteiger partial charge is 0.0410 e. The third-order valence-corrected chi connectivity index (χ3v) is 5.12. The van der Waals surface area contributed by atoms with Gasteiger partial charge in [-0.15, -0.1) is 0 Å². The van der Waals surface area contributed by atoms with E-state index in [4.69, 9.17) is 0 Å². The fourth-order valence-electron chi connectivity index (χ4n) is 4.01. The highest BCUT2D eigenvalue weighted by Crippen LogP contribution is 2.40. The maximum absolute atomic E-state index is 2.57. The topological polar surface area (TPSA) is 3.24 Å². The van der Waals surface area contributed by atoms with E-state index in [2.05, 4.69) is 60.4 Å². The van der Waals surface area contributed by atoms with Crippen molar-refractivity contribution in [2.24, 2.45) is 5.92 Å². The largest absolute Gasteiger partial charge is 0.342 e. The maximum atomic E-state index is 2.57. The van der Waals surface area contributed by atoms with Crippen molar-refractivity contribution in [1.29, 1.82) is 0 Å². The zero-order chi connectivity index (χ0) is 15.2. The van der Waals surface area contributed by atoms with Crippen LogP contribution in [-0.2, 0) is 0 Å². The molecule has 1 aliphatic heterocycles. The molecule has 1 heteroatoms. The Kier molecular flexibility index (Phi) is 5.37. The Hall–Kier alpha value is -1.50. The highest BCUT2D eigenvalue weighted by Gasteiger charge is 2.33. The van der Waals surface area contributed by atoms with E-state index in [1.54, 1.807) is 0 Å². The Balaban J connectivity index is 1.86. The van der Waals surface area contributed by atoms with Crippen LogP contribution in [0.1, 0.15) is 58.3 Å². The van der Waals surface area contributed by atoms with Gasteiger partial charge in [-0.1, -0.05) is 56.0 Å². The van der Waals surface area contributed by atoms with E-state index in [9.17, 15) is 0 Å². The molecule has 1 aromatic carbocycles. The highest BCUT2D eigenvalue weighted by atomic mass is 15.2. The van der Waals surface area contributed by atoms with Gasteiger partial charge in [0.05, 0.1) is 0 Å². The van der Waals surface area contributed by atoms with Crippen LogP contribution in [0.15, 0.2) is 54.3 Å². The van der Waals surface area contributed by atoms with Crippen molar-refractivity contribution >= 4 is 5.69 Å². The molecular weight excluding hydrogens is 266 g/mol. The number of nitrogens with zero attached hydrogens (tertiary/aromatic N) is 1. The summed E-state index contributed by atoms with van der Waals surface area (Å²) in [4.78, 5) is 2.57. The van der Waals surface area contributed by atoms with Gasteiger partial charge in [-0.2, -0.15) is 0 Å². The van der Waals surface area contributed by atoms with Crippen molar-refractivity contribution in [3.8, 4) is 0 Å². The molecule has 0 spiro atoms. The van der Waals surface area contributed by atoms with Crippen molar-refractivity contribution in [3.63, 3.8) is 0 Å². The van der Waals surface area contributed by atoms with Gasteiger partial charge in [-0.3, -0.25) is 0 Å². The lowest BCUT2D eigenvalue weighted by atomic mass is 9.94. The summed E-state index contributed by atoms with van der Waals surface area (Å²) in [5.41, 5.74) is 2.89. The molecule has 1 saturated heterocycles. The minimum atomic E-state index is 0.608. The van der Waals surface area contributed by atoms with Crippen LogP contribution in [-0.4, -0.2) is 6.04 Å². The monoisotopic (exact) mass is 295 g/mol. The molecule has 1 aromatic rings. The summed E-state index contributed by atoms with van der Waals surface area (Å²) >= 11 is 0. The van der Waals surface area contributed by atoms with Crippen molar-refractivity contribution < 1.29 is 0 Å². The number of anilines is 1. The first-order chi connectivity index (χ1) is 10.9. The minimum absolute atomic E-state index is 0.608. The number of hydrogen-bond donors (Lipinski definition) is 0. The number of rotatable bonds is 1. The molecule has 1 nitrogen and oxygen atoms in total. The van der Waals surface area contributed by atoms with Gasteiger partial charge in [0.2, 0.25) is 0 Å². The predicted octanol–water partition coefficient (Wildman–Crippen LogP) is 6.09. The summed E-state index contributed by atoms with van der Waals surface area (Å²) in [6.07, 6.45) is 17.9. The molecule has 0 radical (unpaired) electrons. The summed E-state index contributed by atoms with van der Waals surface area (Å²) in [5, 5.41) is 0. The molecular formula is C21H29N. The van der Waals surface area contributed by atoms with Gasteiger partial charge in [0.1, 0.15) is 0 Å². The van der Waals surface area contributed by atoms with Crippen molar-refractivity contribution in [2.45, 2.75) is 64.3 Å². The van der Waals surface area contributed by atoms with Crippen LogP contribution in [0.3, 0.4) is 0 Å². The molecule has 22 heavy (non-hydrogen) atoms. The van der Waals surface area contributed by atoms with Crippen LogP contribution < -0.4 is 4.90 Å². The molecule has 0 N–H and O–H groups in total. The molecule has 0 bridgehead atoms. The van der Waals surface area contributed by atoms with Gasteiger partial charge in [0.25, 0.3) is 0 Å². The van der Waals surface area contributed by atoms with Gasteiger partial charge in [-0.25, -0.2) is 0 Å². The van der Waals surface area contributed by atoms with Crippen LogP contribution in [0.4, 0.5) is 5.69 Å². The zero-order valence-corrected chi connectivity index (χ0v) is 13.9. The number of para-hydroxylation sites is 1. The average molecular weight is 295 g/mol. The lowest BCUT2D eigenvalue weighted by molar-refractivity contribution is 0.500. The van der Waals surface area contributed by atoms with E-state index in [0.717, 1.165) is 5.92 Å². The Morgan fingerprint density at radius 1 is 0.955 bits per heavy atom. The standard InChI is InChI=1S/C21H29N/c1-18-17-19-13-9-6-4-2-3-5-7-12-16-21(19)22(18)20-14-10-8-11-15-20/h7-8,10-12,14-16,18-19H,2-6,9,13,17H2,1H3/b12-7-,21-16+. The first-order valence-electron chi connectivity index (χ1n) is 9.07. The fraction of sp³-hybridized carbons (Fsp3) is 0.524. The molecule has 1 fully saturated rings. The van der Waals surface area contributed by atoms with Gasteiger partial charge in [0.15, 0.2) is 0 Å². The summed E-state index contributed by atoms with van der Waals surface area (Å²) in [5.74, 6) is 0.735. The minimum Gasteiger partial charge on any atom is -0.342 e. The molecule has 2 atom stereocenters. The van der Waals surface area contributed by atoms with Gasteiger partial charge < -0.3 is 4.90 Å². The Labute approximate surface area is 135 Å². The maximum Gasteiger partial charge on any atom is 0.0410 e. The fourth-order valence-corrected chi connectivity index (χ4v) is 4.01. The molecule has 0 aromatic heterocycles.